The van der Waals surface area contributed by atoms with Crippen LogP contribution in [0.3, 0.4) is 0 Å². The van der Waals surface area contributed by atoms with Gasteiger partial charge in [0.1, 0.15) is 5.75 Å². The van der Waals surface area contributed by atoms with Crippen LogP contribution in [-0.2, 0) is 6.42 Å². The summed E-state index contributed by atoms with van der Waals surface area (Å²) in [4.78, 5) is 4.31. The molecule has 2 aromatic rings. The number of unbranched alkanes of at least 4 members (excludes halogenated alkanes) is 1. The number of ether oxygens (including phenoxy) is 1. The van der Waals surface area contributed by atoms with Crippen molar-refractivity contribution in [3.63, 3.8) is 0 Å². The monoisotopic (exact) mass is 248 g/mol. The van der Waals surface area contributed by atoms with Crippen LogP contribution in [0.1, 0.15) is 18.7 Å². The highest BCUT2D eigenvalue weighted by Gasteiger charge is 2.08. The standard InChI is InChI=1S/C13H16N2O3/c1-17-11-7-5-10(6-8-11)13-14-12(18-15-13)4-2-3-9-16/h5-8,16H,2-4,9H2,1H3. The Morgan fingerprint density at radius 1 is 1.22 bits per heavy atom. The second kappa shape index (κ2) is 6.16. The molecule has 18 heavy (non-hydrogen) atoms. The summed E-state index contributed by atoms with van der Waals surface area (Å²) in [6.45, 7) is 0.194. The van der Waals surface area contributed by atoms with Crippen LogP contribution in [0, 0.1) is 0 Å². The molecule has 5 heteroatoms. The van der Waals surface area contributed by atoms with Gasteiger partial charge in [-0.1, -0.05) is 5.16 Å². The van der Waals surface area contributed by atoms with Crippen LogP contribution in [0.5, 0.6) is 5.75 Å². The Labute approximate surface area is 105 Å². The number of methoxy groups -OCH3 is 1. The van der Waals surface area contributed by atoms with Gasteiger partial charge in [0.15, 0.2) is 0 Å². The minimum Gasteiger partial charge on any atom is -0.497 e. The molecule has 0 saturated carbocycles. The number of nitrogens with zero attached hydrogens (tertiary/aromatic N) is 2. The third-order valence-corrected chi connectivity index (χ3v) is 2.62. The molecule has 96 valence electrons. The van der Waals surface area contributed by atoms with E-state index in [1.54, 1.807) is 7.11 Å². The lowest BCUT2D eigenvalue weighted by atomic mass is 10.2. The molecule has 0 atom stereocenters. The van der Waals surface area contributed by atoms with E-state index in [0.29, 0.717) is 18.1 Å². The van der Waals surface area contributed by atoms with Crippen molar-refractivity contribution in [2.75, 3.05) is 13.7 Å². The van der Waals surface area contributed by atoms with Crippen molar-refractivity contribution >= 4 is 0 Å². The lowest BCUT2D eigenvalue weighted by molar-refractivity contribution is 0.281. The fraction of sp³-hybridized carbons (Fsp3) is 0.385. The molecule has 0 saturated heterocycles. The maximum absolute atomic E-state index is 8.70. The third-order valence-electron chi connectivity index (χ3n) is 2.62. The smallest absolute Gasteiger partial charge is 0.226 e. The average Bonchev–Trinajstić information content (AvgIpc) is 2.88. The van der Waals surface area contributed by atoms with Crippen molar-refractivity contribution in [2.45, 2.75) is 19.3 Å². The maximum atomic E-state index is 8.70. The Balaban J connectivity index is 2.04. The number of benzene rings is 1. The molecule has 0 unspecified atom stereocenters. The van der Waals surface area contributed by atoms with Crippen molar-refractivity contribution in [2.24, 2.45) is 0 Å². The van der Waals surface area contributed by atoms with Gasteiger partial charge in [-0.25, -0.2) is 0 Å². The zero-order valence-electron chi connectivity index (χ0n) is 10.3. The lowest BCUT2D eigenvalue weighted by Crippen LogP contribution is -1.89. The molecular weight excluding hydrogens is 232 g/mol. The number of aliphatic hydroxyl groups is 1. The van der Waals surface area contributed by atoms with E-state index in [-0.39, 0.29) is 6.61 Å². The molecule has 0 amide bonds. The van der Waals surface area contributed by atoms with Gasteiger partial charge >= 0.3 is 0 Å². The first kappa shape index (κ1) is 12.6. The third kappa shape index (κ3) is 3.07. The van der Waals surface area contributed by atoms with Crippen LogP contribution >= 0.6 is 0 Å². The van der Waals surface area contributed by atoms with Gasteiger partial charge in [-0.3, -0.25) is 0 Å². The molecule has 1 N–H and O–H groups in total. The van der Waals surface area contributed by atoms with Gasteiger partial charge < -0.3 is 14.4 Å². The van der Waals surface area contributed by atoms with Crippen LogP contribution in [0.15, 0.2) is 28.8 Å². The number of aryl methyl sites for hydroxylation is 1. The quantitative estimate of drug-likeness (QED) is 0.792. The van der Waals surface area contributed by atoms with Gasteiger partial charge in [0.05, 0.1) is 7.11 Å². The van der Waals surface area contributed by atoms with Gasteiger partial charge in [0.25, 0.3) is 0 Å². The summed E-state index contributed by atoms with van der Waals surface area (Å²) in [5.74, 6) is 1.98. The number of hydrogen-bond donors (Lipinski definition) is 1. The fourth-order valence-electron chi connectivity index (χ4n) is 1.60. The number of rotatable bonds is 6. The highest BCUT2D eigenvalue weighted by Crippen LogP contribution is 2.19. The Morgan fingerprint density at radius 3 is 2.67 bits per heavy atom. The number of hydrogen-bond acceptors (Lipinski definition) is 5. The molecule has 0 spiro atoms. The average molecular weight is 248 g/mol. The highest BCUT2D eigenvalue weighted by atomic mass is 16.5. The van der Waals surface area contributed by atoms with Crippen molar-refractivity contribution in [1.82, 2.24) is 10.1 Å². The van der Waals surface area contributed by atoms with E-state index in [4.69, 9.17) is 14.4 Å². The summed E-state index contributed by atoms with van der Waals surface area (Å²) >= 11 is 0. The summed E-state index contributed by atoms with van der Waals surface area (Å²) in [5, 5.41) is 12.6. The van der Waals surface area contributed by atoms with Crippen molar-refractivity contribution in [3.05, 3.63) is 30.2 Å². The minimum atomic E-state index is 0.194. The maximum Gasteiger partial charge on any atom is 0.226 e. The molecule has 1 heterocycles. The minimum absolute atomic E-state index is 0.194. The molecule has 0 aliphatic rings. The van der Waals surface area contributed by atoms with Gasteiger partial charge in [-0.2, -0.15) is 4.98 Å². The molecule has 2 rings (SSSR count). The second-order valence-corrected chi connectivity index (χ2v) is 3.92. The Bertz CT molecular complexity index is 479. The van der Waals surface area contributed by atoms with E-state index < -0.39 is 0 Å². The zero-order valence-corrected chi connectivity index (χ0v) is 10.3. The summed E-state index contributed by atoms with van der Waals surface area (Å²) in [6, 6.07) is 7.50. The summed E-state index contributed by atoms with van der Waals surface area (Å²) < 4.78 is 10.2. The van der Waals surface area contributed by atoms with Crippen LogP contribution in [-0.4, -0.2) is 29.0 Å². The van der Waals surface area contributed by atoms with E-state index in [9.17, 15) is 0 Å². The van der Waals surface area contributed by atoms with E-state index in [1.165, 1.54) is 0 Å². The molecule has 0 radical (unpaired) electrons. The SMILES string of the molecule is COc1ccc(-c2noc(CCCCO)n2)cc1. The number of aliphatic hydroxyl groups excluding tert-OH is 1. The largest absolute Gasteiger partial charge is 0.497 e. The van der Waals surface area contributed by atoms with Gasteiger partial charge in [0, 0.05) is 18.6 Å². The lowest BCUT2D eigenvalue weighted by Gasteiger charge is -1.98. The Kier molecular flexibility index (Phi) is 4.30. The van der Waals surface area contributed by atoms with Gasteiger partial charge in [-0.05, 0) is 37.1 Å². The summed E-state index contributed by atoms with van der Waals surface area (Å²) in [7, 11) is 1.63. The first-order valence-electron chi connectivity index (χ1n) is 5.91. The topological polar surface area (TPSA) is 68.4 Å². The molecule has 0 fully saturated rings. The number of aromatic nitrogens is 2. The first-order valence-corrected chi connectivity index (χ1v) is 5.91. The molecule has 1 aromatic heterocycles. The molecule has 1 aromatic carbocycles. The first-order chi connectivity index (χ1) is 8.83. The van der Waals surface area contributed by atoms with Crippen molar-refractivity contribution < 1.29 is 14.4 Å². The molecular formula is C13H16N2O3. The Morgan fingerprint density at radius 2 is 2.00 bits per heavy atom. The fourth-order valence-corrected chi connectivity index (χ4v) is 1.60. The second-order valence-electron chi connectivity index (χ2n) is 3.92. The van der Waals surface area contributed by atoms with Gasteiger partial charge in [0.2, 0.25) is 11.7 Å². The van der Waals surface area contributed by atoms with Crippen molar-refractivity contribution in [3.8, 4) is 17.1 Å². The van der Waals surface area contributed by atoms with Crippen LogP contribution in [0.4, 0.5) is 0 Å². The van der Waals surface area contributed by atoms with Crippen LogP contribution < -0.4 is 4.74 Å². The predicted molar refractivity (Wildman–Crippen MR) is 66.3 cm³/mol. The zero-order chi connectivity index (χ0) is 12.8. The van der Waals surface area contributed by atoms with E-state index in [1.807, 2.05) is 24.3 Å². The molecule has 0 aliphatic heterocycles. The van der Waals surface area contributed by atoms with E-state index >= 15 is 0 Å². The van der Waals surface area contributed by atoms with Crippen LogP contribution in [0.25, 0.3) is 11.4 Å². The van der Waals surface area contributed by atoms with Crippen molar-refractivity contribution in [1.29, 1.82) is 0 Å². The molecule has 0 aliphatic carbocycles. The Hall–Kier alpha value is -1.88. The normalized spacial score (nSPS) is 10.6. The molecule has 0 bridgehead atoms. The predicted octanol–water partition coefficient (Wildman–Crippen LogP) is 2.06. The summed E-state index contributed by atoms with van der Waals surface area (Å²) in [5.41, 5.74) is 0.896. The van der Waals surface area contributed by atoms with Crippen LogP contribution in [0.2, 0.25) is 0 Å². The molecule has 5 nitrogen and oxygen atoms in total. The van der Waals surface area contributed by atoms with E-state index in [0.717, 1.165) is 24.2 Å². The summed E-state index contributed by atoms with van der Waals surface area (Å²) in [6.07, 6.45) is 2.30. The van der Waals surface area contributed by atoms with Gasteiger partial charge in [-0.15, -0.1) is 0 Å². The highest BCUT2D eigenvalue weighted by molar-refractivity contribution is 5.55. The van der Waals surface area contributed by atoms with E-state index in [2.05, 4.69) is 10.1 Å².